The van der Waals surface area contributed by atoms with Crippen molar-refractivity contribution in [2.75, 3.05) is 7.11 Å². The van der Waals surface area contributed by atoms with Crippen LogP contribution in [0.3, 0.4) is 0 Å². The van der Waals surface area contributed by atoms with Crippen molar-refractivity contribution < 1.29 is 14.3 Å². The molecule has 0 unspecified atom stereocenters. The molecule has 0 fully saturated rings. The van der Waals surface area contributed by atoms with Gasteiger partial charge in [0.25, 0.3) is 5.91 Å². The van der Waals surface area contributed by atoms with Crippen LogP contribution < -0.4 is 5.32 Å². The monoisotopic (exact) mass is 389 g/mol. The predicted octanol–water partition coefficient (Wildman–Crippen LogP) is 3.16. The summed E-state index contributed by atoms with van der Waals surface area (Å²) in [4.78, 5) is 25.0. The van der Waals surface area contributed by atoms with Gasteiger partial charge in [0.1, 0.15) is 0 Å². The smallest absolute Gasteiger partial charge is 0.356 e. The molecule has 1 aliphatic rings. The lowest BCUT2D eigenvalue weighted by Gasteiger charge is -2.25. The maximum Gasteiger partial charge on any atom is 0.356 e. The van der Waals surface area contributed by atoms with Gasteiger partial charge in [-0.2, -0.15) is 5.10 Å². The molecule has 0 radical (unpaired) electrons. The van der Waals surface area contributed by atoms with Crippen LogP contribution in [0.5, 0.6) is 0 Å². The molecule has 1 amide bonds. The highest BCUT2D eigenvalue weighted by Gasteiger charge is 2.22. The van der Waals surface area contributed by atoms with E-state index in [2.05, 4.69) is 28.6 Å². The highest BCUT2D eigenvalue weighted by molar-refractivity contribution is 5.98. The number of hydrogen-bond acceptors (Lipinski definition) is 4. The van der Waals surface area contributed by atoms with E-state index in [1.165, 1.54) is 22.9 Å². The highest BCUT2D eigenvalue weighted by atomic mass is 16.5. The molecule has 1 N–H and O–H groups in total. The van der Waals surface area contributed by atoms with Gasteiger partial charge in [0.2, 0.25) is 0 Å². The van der Waals surface area contributed by atoms with Crippen molar-refractivity contribution in [3.63, 3.8) is 0 Å². The first kappa shape index (κ1) is 18.9. The number of fused-ring (bicyclic) bond motifs is 1. The number of benzene rings is 2. The number of ether oxygens (including phenoxy) is 1. The molecule has 0 aliphatic heterocycles. The molecule has 0 spiro atoms. The van der Waals surface area contributed by atoms with Crippen LogP contribution in [0.4, 0.5) is 0 Å². The SMILES string of the molecule is COC(=O)c1c(-c2cccc(C(=O)N[C@H]3CCc4ccccc4C3)c2)cnn1C. The number of rotatable bonds is 4. The maximum atomic E-state index is 12.9. The van der Waals surface area contributed by atoms with Crippen LogP contribution >= 0.6 is 0 Å². The summed E-state index contributed by atoms with van der Waals surface area (Å²) in [6.45, 7) is 0. The van der Waals surface area contributed by atoms with Crippen LogP contribution in [0.25, 0.3) is 11.1 Å². The number of aromatic nitrogens is 2. The molecular weight excluding hydrogens is 366 g/mol. The highest BCUT2D eigenvalue weighted by Crippen LogP contribution is 2.25. The van der Waals surface area contributed by atoms with E-state index in [1.54, 1.807) is 25.4 Å². The molecule has 6 heteroatoms. The van der Waals surface area contributed by atoms with Crippen LogP contribution in [0.2, 0.25) is 0 Å². The third-order valence-electron chi connectivity index (χ3n) is 5.44. The third kappa shape index (κ3) is 3.78. The molecular formula is C23H23N3O3. The van der Waals surface area contributed by atoms with Gasteiger partial charge in [-0.1, -0.05) is 36.4 Å². The molecule has 6 nitrogen and oxygen atoms in total. The van der Waals surface area contributed by atoms with Crippen LogP contribution in [-0.4, -0.2) is 34.8 Å². The van der Waals surface area contributed by atoms with Crippen molar-refractivity contribution in [3.8, 4) is 11.1 Å². The molecule has 148 valence electrons. The summed E-state index contributed by atoms with van der Waals surface area (Å²) in [6, 6.07) is 15.7. The van der Waals surface area contributed by atoms with E-state index in [9.17, 15) is 9.59 Å². The maximum absolute atomic E-state index is 12.9. The summed E-state index contributed by atoms with van der Waals surface area (Å²) in [6.07, 6.45) is 4.36. The Bertz CT molecular complexity index is 1070. The fraction of sp³-hybridized carbons (Fsp3) is 0.261. The lowest BCUT2D eigenvalue weighted by atomic mass is 9.88. The first-order valence-corrected chi connectivity index (χ1v) is 9.65. The average molecular weight is 389 g/mol. The number of hydrogen-bond donors (Lipinski definition) is 1. The second-order valence-electron chi connectivity index (χ2n) is 7.28. The van der Waals surface area contributed by atoms with Gasteiger partial charge in [-0.25, -0.2) is 4.79 Å². The molecule has 29 heavy (non-hydrogen) atoms. The molecule has 1 aliphatic carbocycles. The van der Waals surface area contributed by atoms with Crippen molar-refractivity contribution in [3.05, 3.63) is 77.1 Å². The first-order valence-electron chi connectivity index (χ1n) is 9.65. The van der Waals surface area contributed by atoms with E-state index >= 15 is 0 Å². The van der Waals surface area contributed by atoms with Crippen molar-refractivity contribution in [1.29, 1.82) is 0 Å². The fourth-order valence-electron chi connectivity index (χ4n) is 3.91. The molecule has 4 rings (SSSR count). The van der Waals surface area contributed by atoms with Gasteiger partial charge in [0.15, 0.2) is 5.69 Å². The summed E-state index contributed by atoms with van der Waals surface area (Å²) in [5.41, 5.74) is 4.97. The van der Waals surface area contributed by atoms with Crippen molar-refractivity contribution >= 4 is 11.9 Å². The molecule has 2 aromatic carbocycles. The minimum atomic E-state index is -0.462. The fourth-order valence-corrected chi connectivity index (χ4v) is 3.91. The molecule has 3 aromatic rings. The normalized spacial score (nSPS) is 15.4. The number of methoxy groups -OCH3 is 1. The first-order chi connectivity index (χ1) is 14.1. The van der Waals surface area contributed by atoms with Gasteiger partial charge >= 0.3 is 5.97 Å². The van der Waals surface area contributed by atoms with Crippen LogP contribution in [0.15, 0.2) is 54.7 Å². The van der Waals surface area contributed by atoms with E-state index in [0.717, 1.165) is 24.8 Å². The van der Waals surface area contributed by atoms with Gasteiger partial charge in [-0.3, -0.25) is 9.48 Å². The Labute approximate surface area is 169 Å². The standard InChI is InChI=1S/C23H23N3O3/c1-26-21(23(28)29-2)20(14-24-26)17-8-5-9-18(12-17)22(27)25-19-11-10-15-6-3-4-7-16(15)13-19/h3-9,12,14,19H,10-11,13H2,1-2H3,(H,25,27)/t19-/m0/s1. The Morgan fingerprint density at radius 1 is 1.14 bits per heavy atom. The second-order valence-corrected chi connectivity index (χ2v) is 7.28. The minimum absolute atomic E-state index is 0.111. The Kier molecular flexibility index (Phi) is 5.16. The number of nitrogens with one attached hydrogen (secondary N) is 1. The van der Waals surface area contributed by atoms with Gasteiger partial charge < -0.3 is 10.1 Å². The lowest BCUT2D eigenvalue weighted by Crippen LogP contribution is -2.38. The van der Waals surface area contributed by atoms with Crippen LogP contribution in [0, 0.1) is 0 Å². The number of carbonyl (C=O) groups is 2. The van der Waals surface area contributed by atoms with Crippen LogP contribution in [-0.2, 0) is 24.6 Å². The van der Waals surface area contributed by atoms with Gasteiger partial charge in [-0.15, -0.1) is 0 Å². The predicted molar refractivity (Wildman–Crippen MR) is 110 cm³/mol. The van der Waals surface area contributed by atoms with Crippen molar-refractivity contribution in [2.24, 2.45) is 7.05 Å². The molecule has 0 saturated heterocycles. The van der Waals surface area contributed by atoms with E-state index in [4.69, 9.17) is 4.74 Å². The summed E-state index contributed by atoms with van der Waals surface area (Å²) in [5, 5.41) is 7.32. The Morgan fingerprint density at radius 2 is 1.93 bits per heavy atom. The zero-order chi connectivity index (χ0) is 20.4. The van der Waals surface area contributed by atoms with Crippen LogP contribution in [0.1, 0.15) is 38.4 Å². The van der Waals surface area contributed by atoms with Crippen molar-refractivity contribution in [1.82, 2.24) is 15.1 Å². The summed E-state index contributed by atoms with van der Waals surface area (Å²) < 4.78 is 6.34. The molecule has 1 heterocycles. The quantitative estimate of drug-likeness (QED) is 0.696. The molecule has 0 bridgehead atoms. The third-order valence-corrected chi connectivity index (χ3v) is 5.44. The van der Waals surface area contributed by atoms with Gasteiger partial charge in [-0.05, 0) is 48.1 Å². The summed E-state index contributed by atoms with van der Waals surface area (Å²) in [7, 11) is 3.03. The Hall–Kier alpha value is -3.41. The zero-order valence-electron chi connectivity index (χ0n) is 16.5. The zero-order valence-corrected chi connectivity index (χ0v) is 16.5. The Balaban J connectivity index is 1.54. The summed E-state index contributed by atoms with van der Waals surface area (Å²) in [5.74, 6) is -0.574. The summed E-state index contributed by atoms with van der Waals surface area (Å²) >= 11 is 0. The van der Waals surface area contributed by atoms with Crippen molar-refractivity contribution in [2.45, 2.75) is 25.3 Å². The number of carbonyl (C=O) groups excluding carboxylic acids is 2. The topological polar surface area (TPSA) is 73.2 Å². The van der Waals surface area contributed by atoms with Gasteiger partial charge in [0.05, 0.1) is 13.3 Å². The largest absolute Gasteiger partial charge is 0.464 e. The Morgan fingerprint density at radius 3 is 2.72 bits per heavy atom. The second kappa shape index (κ2) is 7.91. The molecule has 1 atom stereocenters. The number of esters is 1. The average Bonchev–Trinajstić information content (AvgIpc) is 3.14. The van der Waals surface area contributed by atoms with E-state index in [0.29, 0.717) is 16.8 Å². The number of aryl methyl sites for hydroxylation is 2. The lowest BCUT2D eigenvalue weighted by molar-refractivity contribution is 0.0589. The van der Waals surface area contributed by atoms with E-state index in [1.807, 2.05) is 18.2 Å². The number of nitrogens with zero attached hydrogens (tertiary/aromatic N) is 2. The van der Waals surface area contributed by atoms with E-state index < -0.39 is 5.97 Å². The van der Waals surface area contributed by atoms with E-state index in [-0.39, 0.29) is 11.9 Å². The van der Waals surface area contributed by atoms with Gasteiger partial charge in [0, 0.05) is 24.2 Å². The molecule has 0 saturated carbocycles. The number of amides is 1. The molecule has 1 aromatic heterocycles. The minimum Gasteiger partial charge on any atom is -0.464 e.